The average Bonchev–Trinajstić information content (AvgIpc) is 3.19. The van der Waals surface area contributed by atoms with E-state index in [1.165, 1.54) is 25.7 Å². The molecule has 0 atom stereocenters. The number of aromatic nitrogens is 1. The van der Waals surface area contributed by atoms with Gasteiger partial charge in [0, 0.05) is 44.9 Å². The van der Waals surface area contributed by atoms with Gasteiger partial charge in [0.15, 0.2) is 0 Å². The number of ether oxygens (including phenoxy) is 1. The van der Waals surface area contributed by atoms with Crippen molar-refractivity contribution in [1.29, 1.82) is 0 Å². The summed E-state index contributed by atoms with van der Waals surface area (Å²) in [4.78, 5) is 32.7. The Morgan fingerprint density at radius 1 is 1.12 bits per heavy atom. The van der Waals surface area contributed by atoms with Gasteiger partial charge in [-0.2, -0.15) is 0 Å². The molecule has 3 rings (SSSR count). The first-order valence-electron chi connectivity index (χ1n) is 9.24. The van der Waals surface area contributed by atoms with Crippen LogP contribution in [0, 0.1) is 5.92 Å². The Bertz CT molecular complexity index is 588. The SMILES string of the molecule is COc1ccc(C(=O)N2CCN(C(=O)CCC3CCCC3)CC2)cn1. The zero-order chi connectivity index (χ0) is 17.6. The number of hydrogen-bond acceptors (Lipinski definition) is 4. The number of piperazine rings is 1. The monoisotopic (exact) mass is 345 g/mol. The van der Waals surface area contributed by atoms with E-state index in [0.717, 1.165) is 12.3 Å². The maximum atomic E-state index is 12.5. The molecule has 0 spiro atoms. The van der Waals surface area contributed by atoms with Crippen molar-refractivity contribution in [3.8, 4) is 5.88 Å². The van der Waals surface area contributed by atoms with Crippen molar-refractivity contribution in [3.05, 3.63) is 23.9 Å². The quantitative estimate of drug-likeness (QED) is 0.822. The molecule has 1 saturated heterocycles. The summed E-state index contributed by atoms with van der Waals surface area (Å²) in [6.07, 6.45) is 8.42. The summed E-state index contributed by atoms with van der Waals surface area (Å²) in [6.45, 7) is 2.41. The van der Waals surface area contributed by atoms with E-state index in [2.05, 4.69) is 4.98 Å². The van der Waals surface area contributed by atoms with Crippen molar-refractivity contribution in [2.75, 3.05) is 33.3 Å². The first-order chi connectivity index (χ1) is 12.2. The van der Waals surface area contributed by atoms with Crippen LogP contribution in [-0.4, -0.2) is 59.9 Å². The molecule has 1 aliphatic heterocycles. The van der Waals surface area contributed by atoms with Crippen LogP contribution in [0.4, 0.5) is 0 Å². The second-order valence-electron chi connectivity index (χ2n) is 6.95. The smallest absolute Gasteiger partial charge is 0.255 e. The first kappa shape index (κ1) is 17.7. The molecular weight excluding hydrogens is 318 g/mol. The zero-order valence-electron chi connectivity index (χ0n) is 14.9. The molecule has 0 bridgehead atoms. The molecule has 0 aromatic carbocycles. The highest BCUT2D eigenvalue weighted by atomic mass is 16.5. The molecule has 2 fully saturated rings. The van der Waals surface area contributed by atoms with Gasteiger partial charge >= 0.3 is 0 Å². The Kier molecular flexibility index (Phi) is 5.89. The molecule has 0 radical (unpaired) electrons. The third kappa shape index (κ3) is 4.50. The lowest BCUT2D eigenvalue weighted by Gasteiger charge is -2.35. The predicted octanol–water partition coefficient (Wildman–Crippen LogP) is 2.35. The van der Waals surface area contributed by atoms with Crippen molar-refractivity contribution in [3.63, 3.8) is 0 Å². The first-order valence-corrected chi connectivity index (χ1v) is 9.24. The summed E-state index contributed by atoms with van der Waals surface area (Å²) in [5.74, 6) is 1.45. The van der Waals surface area contributed by atoms with Gasteiger partial charge in [0.1, 0.15) is 0 Å². The zero-order valence-corrected chi connectivity index (χ0v) is 14.9. The van der Waals surface area contributed by atoms with Crippen molar-refractivity contribution >= 4 is 11.8 Å². The van der Waals surface area contributed by atoms with E-state index in [0.29, 0.717) is 44.0 Å². The van der Waals surface area contributed by atoms with Gasteiger partial charge in [0.2, 0.25) is 11.8 Å². The maximum Gasteiger partial charge on any atom is 0.255 e. The minimum atomic E-state index is -0.0341. The van der Waals surface area contributed by atoms with Crippen molar-refractivity contribution in [1.82, 2.24) is 14.8 Å². The molecule has 1 aromatic heterocycles. The molecule has 2 aliphatic rings. The van der Waals surface area contributed by atoms with Gasteiger partial charge < -0.3 is 14.5 Å². The molecule has 1 aliphatic carbocycles. The number of carbonyl (C=O) groups excluding carboxylic acids is 2. The van der Waals surface area contributed by atoms with Crippen molar-refractivity contribution in [2.45, 2.75) is 38.5 Å². The number of carbonyl (C=O) groups is 2. The van der Waals surface area contributed by atoms with Gasteiger partial charge in [-0.05, 0) is 18.4 Å². The highest BCUT2D eigenvalue weighted by Crippen LogP contribution is 2.28. The maximum absolute atomic E-state index is 12.5. The minimum Gasteiger partial charge on any atom is -0.481 e. The van der Waals surface area contributed by atoms with Crippen LogP contribution in [0.2, 0.25) is 0 Å². The lowest BCUT2D eigenvalue weighted by molar-refractivity contribution is -0.133. The molecular formula is C19H27N3O3. The Balaban J connectivity index is 1.45. The van der Waals surface area contributed by atoms with E-state index in [1.54, 1.807) is 30.3 Å². The summed E-state index contributed by atoms with van der Waals surface area (Å²) >= 11 is 0. The third-order valence-corrected chi connectivity index (χ3v) is 5.35. The average molecular weight is 345 g/mol. The van der Waals surface area contributed by atoms with Gasteiger partial charge in [0.05, 0.1) is 12.7 Å². The van der Waals surface area contributed by atoms with Gasteiger partial charge in [-0.1, -0.05) is 25.7 Å². The Labute approximate surface area is 149 Å². The van der Waals surface area contributed by atoms with Crippen molar-refractivity contribution < 1.29 is 14.3 Å². The molecule has 1 aromatic rings. The molecule has 0 N–H and O–H groups in total. The molecule has 25 heavy (non-hydrogen) atoms. The van der Waals surface area contributed by atoms with E-state index < -0.39 is 0 Å². The summed E-state index contributed by atoms with van der Waals surface area (Å²) in [6, 6.07) is 3.42. The van der Waals surface area contributed by atoms with Crippen molar-refractivity contribution in [2.24, 2.45) is 5.92 Å². The molecule has 136 valence electrons. The number of amides is 2. The van der Waals surface area contributed by atoms with E-state index >= 15 is 0 Å². The van der Waals surface area contributed by atoms with Crippen LogP contribution in [0.5, 0.6) is 5.88 Å². The fraction of sp³-hybridized carbons (Fsp3) is 0.632. The summed E-state index contributed by atoms with van der Waals surface area (Å²) in [5.41, 5.74) is 0.557. The molecule has 2 amide bonds. The van der Waals surface area contributed by atoms with Gasteiger partial charge in [-0.3, -0.25) is 9.59 Å². The van der Waals surface area contributed by atoms with Crippen LogP contribution in [-0.2, 0) is 4.79 Å². The van der Waals surface area contributed by atoms with E-state index in [-0.39, 0.29) is 11.8 Å². The van der Waals surface area contributed by atoms with Gasteiger partial charge in [0.25, 0.3) is 5.91 Å². The molecule has 1 saturated carbocycles. The Morgan fingerprint density at radius 3 is 2.40 bits per heavy atom. The fourth-order valence-corrected chi connectivity index (χ4v) is 3.75. The molecule has 0 unspecified atom stereocenters. The number of methoxy groups -OCH3 is 1. The van der Waals surface area contributed by atoms with Gasteiger partial charge in [-0.25, -0.2) is 4.98 Å². The normalized spacial score (nSPS) is 18.4. The topological polar surface area (TPSA) is 62.7 Å². The van der Waals surface area contributed by atoms with Crippen LogP contribution >= 0.6 is 0 Å². The molecule has 6 nitrogen and oxygen atoms in total. The Hall–Kier alpha value is -2.11. The lowest BCUT2D eigenvalue weighted by atomic mass is 10.0. The van der Waals surface area contributed by atoms with Crippen LogP contribution in [0.25, 0.3) is 0 Å². The fourth-order valence-electron chi connectivity index (χ4n) is 3.75. The summed E-state index contributed by atoms with van der Waals surface area (Å²) in [5, 5.41) is 0. The van der Waals surface area contributed by atoms with Crippen LogP contribution < -0.4 is 4.74 Å². The highest BCUT2D eigenvalue weighted by Gasteiger charge is 2.25. The Morgan fingerprint density at radius 2 is 1.80 bits per heavy atom. The molecule has 6 heteroatoms. The number of nitrogens with zero attached hydrogens (tertiary/aromatic N) is 3. The lowest BCUT2D eigenvalue weighted by Crippen LogP contribution is -2.50. The third-order valence-electron chi connectivity index (χ3n) is 5.35. The second-order valence-corrected chi connectivity index (χ2v) is 6.95. The number of pyridine rings is 1. The van der Waals surface area contributed by atoms with E-state index in [4.69, 9.17) is 4.74 Å². The highest BCUT2D eigenvalue weighted by molar-refractivity contribution is 5.94. The van der Waals surface area contributed by atoms with Crippen LogP contribution in [0.15, 0.2) is 18.3 Å². The second kappa shape index (κ2) is 8.32. The molecule has 2 heterocycles. The van der Waals surface area contributed by atoms with E-state index in [9.17, 15) is 9.59 Å². The standard InChI is InChI=1S/C19H27N3O3/c1-25-17-8-7-16(14-20-17)19(24)22-12-10-21(11-13-22)18(23)9-6-15-4-2-3-5-15/h7-8,14-15H,2-6,9-13H2,1H3. The minimum absolute atomic E-state index is 0.0341. The van der Waals surface area contributed by atoms with E-state index in [1.807, 2.05) is 4.90 Å². The van der Waals surface area contributed by atoms with Crippen LogP contribution in [0.3, 0.4) is 0 Å². The van der Waals surface area contributed by atoms with Gasteiger partial charge in [-0.15, -0.1) is 0 Å². The number of rotatable bonds is 5. The largest absolute Gasteiger partial charge is 0.481 e. The predicted molar refractivity (Wildman–Crippen MR) is 94.5 cm³/mol. The summed E-state index contributed by atoms with van der Waals surface area (Å²) < 4.78 is 5.01. The van der Waals surface area contributed by atoms with Crippen LogP contribution in [0.1, 0.15) is 48.9 Å². The summed E-state index contributed by atoms with van der Waals surface area (Å²) in [7, 11) is 1.55. The number of hydrogen-bond donors (Lipinski definition) is 0.